The van der Waals surface area contributed by atoms with Crippen molar-refractivity contribution >= 4 is 23.2 Å². The second-order valence-corrected chi connectivity index (χ2v) is 8.07. The second kappa shape index (κ2) is 8.83. The molecule has 0 spiro atoms. The molecule has 4 heterocycles. The van der Waals surface area contributed by atoms with Gasteiger partial charge in [0.25, 0.3) is 0 Å². The highest BCUT2D eigenvalue weighted by Crippen LogP contribution is 2.23. The molecule has 4 rings (SSSR count). The first-order valence-electron chi connectivity index (χ1n) is 10.7. The Morgan fingerprint density at radius 2 is 2.00 bits per heavy atom. The quantitative estimate of drug-likeness (QED) is 0.507. The van der Waals surface area contributed by atoms with Crippen LogP contribution in [-0.2, 0) is 6.42 Å². The number of pyridine rings is 1. The summed E-state index contributed by atoms with van der Waals surface area (Å²) in [6.45, 7) is 7.01. The zero-order chi connectivity index (χ0) is 21.1. The molecule has 0 radical (unpaired) electrons. The number of hydrogen-bond donors (Lipinski definition) is 3. The standard InChI is InChI=1S/C21H31N9/c1-3-4-7-24-21-27-18(23)20-26-13-17(30(20)28-21)11-15-10-14(2)19(25-12-15)29-8-5-16(22)6-9-29/h10,12-13,16H,3-9,11,22H2,1-2H3,(H3,23,24,27,28). The van der Waals surface area contributed by atoms with Crippen molar-refractivity contribution in [2.45, 2.75) is 52.0 Å². The lowest BCUT2D eigenvalue weighted by molar-refractivity contribution is 0.498. The lowest BCUT2D eigenvalue weighted by atomic mass is 10.0. The molecular weight excluding hydrogens is 378 g/mol. The van der Waals surface area contributed by atoms with Gasteiger partial charge < -0.3 is 21.7 Å². The van der Waals surface area contributed by atoms with Gasteiger partial charge in [0.1, 0.15) is 5.82 Å². The number of nitrogen functional groups attached to an aromatic ring is 1. The highest BCUT2D eigenvalue weighted by atomic mass is 15.3. The third kappa shape index (κ3) is 4.30. The van der Waals surface area contributed by atoms with Crippen LogP contribution in [0.25, 0.3) is 5.65 Å². The molecule has 0 saturated carbocycles. The molecule has 1 aliphatic rings. The summed E-state index contributed by atoms with van der Waals surface area (Å²) in [5.41, 5.74) is 16.0. The molecule has 9 heteroatoms. The van der Waals surface area contributed by atoms with Gasteiger partial charge in [-0.25, -0.2) is 14.5 Å². The van der Waals surface area contributed by atoms with Crippen molar-refractivity contribution < 1.29 is 0 Å². The topological polar surface area (TPSA) is 123 Å². The molecule has 30 heavy (non-hydrogen) atoms. The van der Waals surface area contributed by atoms with Crippen molar-refractivity contribution in [3.63, 3.8) is 0 Å². The van der Waals surface area contributed by atoms with Crippen LogP contribution in [0.4, 0.5) is 17.6 Å². The number of nitrogens with one attached hydrogen (secondary N) is 1. The average Bonchev–Trinajstić information content (AvgIpc) is 3.12. The van der Waals surface area contributed by atoms with Crippen LogP contribution >= 0.6 is 0 Å². The number of hydrogen-bond acceptors (Lipinski definition) is 8. The molecule has 0 bridgehead atoms. The van der Waals surface area contributed by atoms with Gasteiger partial charge in [0.15, 0.2) is 11.5 Å². The van der Waals surface area contributed by atoms with Crippen LogP contribution in [0.3, 0.4) is 0 Å². The zero-order valence-corrected chi connectivity index (χ0v) is 17.8. The first-order valence-corrected chi connectivity index (χ1v) is 10.7. The third-order valence-electron chi connectivity index (χ3n) is 5.60. The highest BCUT2D eigenvalue weighted by Gasteiger charge is 2.19. The van der Waals surface area contributed by atoms with Gasteiger partial charge in [0.05, 0.1) is 11.9 Å². The van der Waals surface area contributed by atoms with Gasteiger partial charge in [-0.1, -0.05) is 19.4 Å². The number of anilines is 3. The number of imidazole rings is 1. The van der Waals surface area contributed by atoms with Gasteiger partial charge in [0, 0.05) is 38.3 Å². The van der Waals surface area contributed by atoms with Crippen LogP contribution < -0.4 is 21.7 Å². The molecule has 0 amide bonds. The van der Waals surface area contributed by atoms with E-state index in [1.165, 1.54) is 5.56 Å². The minimum atomic E-state index is 0.312. The number of aromatic nitrogens is 5. The van der Waals surface area contributed by atoms with Gasteiger partial charge in [-0.05, 0) is 37.3 Å². The fraction of sp³-hybridized carbons (Fsp3) is 0.524. The van der Waals surface area contributed by atoms with Gasteiger partial charge in [-0.3, -0.25) is 0 Å². The molecule has 0 atom stereocenters. The molecule has 3 aromatic heterocycles. The maximum absolute atomic E-state index is 6.10. The number of piperidine rings is 1. The van der Waals surface area contributed by atoms with Crippen LogP contribution in [0.5, 0.6) is 0 Å². The van der Waals surface area contributed by atoms with E-state index >= 15 is 0 Å². The van der Waals surface area contributed by atoms with E-state index in [0.717, 1.165) is 62.4 Å². The second-order valence-electron chi connectivity index (χ2n) is 8.07. The number of fused-ring (bicyclic) bond motifs is 1. The summed E-state index contributed by atoms with van der Waals surface area (Å²) in [5, 5.41) is 7.83. The summed E-state index contributed by atoms with van der Waals surface area (Å²) < 4.78 is 1.78. The van der Waals surface area contributed by atoms with Gasteiger partial charge in [0.2, 0.25) is 5.95 Å². The van der Waals surface area contributed by atoms with Crippen LogP contribution in [0.15, 0.2) is 18.5 Å². The summed E-state index contributed by atoms with van der Waals surface area (Å²) in [7, 11) is 0. The minimum Gasteiger partial charge on any atom is -0.380 e. The number of rotatable bonds is 7. The molecule has 0 aromatic carbocycles. The van der Waals surface area contributed by atoms with E-state index in [2.05, 4.69) is 45.2 Å². The first-order chi connectivity index (χ1) is 14.5. The molecule has 1 saturated heterocycles. The van der Waals surface area contributed by atoms with Crippen LogP contribution in [0.2, 0.25) is 0 Å². The van der Waals surface area contributed by atoms with Crippen molar-refractivity contribution in [1.29, 1.82) is 0 Å². The summed E-state index contributed by atoms with van der Waals surface area (Å²) >= 11 is 0. The molecular formula is C21H31N9. The van der Waals surface area contributed by atoms with Crippen LogP contribution in [0, 0.1) is 6.92 Å². The SMILES string of the molecule is CCCCNc1nc(N)c2ncc(Cc3cnc(N4CCC(N)CC4)c(C)c3)n2n1. The molecule has 1 fully saturated rings. The molecule has 0 aliphatic carbocycles. The van der Waals surface area contributed by atoms with Crippen molar-refractivity contribution in [2.24, 2.45) is 5.73 Å². The van der Waals surface area contributed by atoms with E-state index < -0.39 is 0 Å². The lowest BCUT2D eigenvalue weighted by Gasteiger charge is -2.32. The molecule has 1 aliphatic heterocycles. The van der Waals surface area contributed by atoms with E-state index in [1.54, 1.807) is 4.52 Å². The molecule has 9 nitrogen and oxygen atoms in total. The number of nitrogens with zero attached hydrogens (tertiary/aromatic N) is 6. The Labute approximate surface area is 176 Å². The maximum Gasteiger partial charge on any atom is 0.243 e. The lowest BCUT2D eigenvalue weighted by Crippen LogP contribution is -2.40. The normalized spacial score (nSPS) is 15.1. The Kier molecular flexibility index (Phi) is 5.98. The van der Waals surface area contributed by atoms with Crippen LogP contribution in [-0.4, -0.2) is 50.2 Å². The van der Waals surface area contributed by atoms with E-state index in [-0.39, 0.29) is 0 Å². The Bertz CT molecular complexity index is 1010. The van der Waals surface area contributed by atoms with Crippen LogP contribution in [0.1, 0.15) is 49.4 Å². The van der Waals surface area contributed by atoms with Gasteiger partial charge in [-0.2, -0.15) is 4.98 Å². The van der Waals surface area contributed by atoms with Crippen molar-refractivity contribution in [2.75, 3.05) is 35.6 Å². The van der Waals surface area contributed by atoms with Crippen molar-refractivity contribution in [3.8, 4) is 0 Å². The highest BCUT2D eigenvalue weighted by molar-refractivity contribution is 5.61. The Morgan fingerprint density at radius 3 is 2.73 bits per heavy atom. The van der Waals surface area contributed by atoms with Gasteiger partial charge >= 0.3 is 0 Å². The van der Waals surface area contributed by atoms with Crippen molar-refractivity contribution in [1.82, 2.24) is 24.6 Å². The predicted octanol–water partition coefficient (Wildman–Crippen LogP) is 2.14. The minimum absolute atomic E-state index is 0.312. The summed E-state index contributed by atoms with van der Waals surface area (Å²) in [4.78, 5) is 15.8. The third-order valence-corrected chi connectivity index (χ3v) is 5.60. The van der Waals surface area contributed by atoms with E-state index in [0.29, 0.717) is 29.9 Å². The Hall–Kier alpha value is -2.94. The Balaban J connectivity index is 1.54. The predicted molar refractivity (Wildman–Crippen MR) is 120 cm³/mol. The number of unbranched alkanes of at least 4 members (excludes halogenated alkanes) is 1. The van der Waals surface area contributed by atoms with E-state index in [9.17, 15) is 0 Å². The first kappa shape index (κ1) is 20.3. The van der Waals surface area contributed by atoms with E-state index in [1.807, 2.05) is 12.4 Å². The monoisotopic (exact) mass is 409 g/mol. The number of nitrogens with two attached hydrogens (primary N) is 2. The summed E-state index contributed by atoms with van der Waals surface area (Å²) in [6.07, 6.45) is 8.62. The number of aryl methyl sites for hydroxylation is 1. The fourth-order valence-electron chi connectivity index (χ4n) is 3.89. The van der Waals surface area contributed by atoms with Crippen molar-refractivity contribution in [3.05, 3.63) is 35.3 Å². The molecule has 3 aromatic rings. The Morgan fingerprint density at radius 1 is 1.20 bits per heavy atom. The smallest absolute Gasteiger partial charge is 0.243 e. The summed E-state index contributed by atoms with van der Waals surface area (Å²) in [5.74, 6) is 1.96. The summed E-state index contributed by atoms with van der Waals surface area (Å²) in [6, 6.07) is 2.51. The van der Waals surface area contributed by atoms with E-state index in [4.69, 9.17) is 16.5 Å². The largest absolute Gasteiger partial charge is 0.380 e. The molecule has 0 unspecified atom stereocenters. The van der Waals surface area contributed by atoms with Gasteiger partial charge in [-0.15, -0.1) is 5.10 Å². The fourth-order valence-corrected chi connectivity index (χ4v) is 3.89. The molecule has 160 valence electrons. The maximum atomic E-state index is 6.10. The molecule has 5 N–H and O–H groups in total. The average molecular weight is 410 g/mol. The zero-order valence-electron chi connectivity index (χ0n) is 17.8.